The normalized spacial score (nSPS) is 11.3. The lowest BCUT2D eigenvalue weighted by Gasteiger charge is -2.09. The van der Waals surface area contributed by atoms with E-state index < -0.39 is 10.0 Å². The first-order chi connectivity index (χ1) is 11.0. The van der Waals surface area contributed by atoms with E-state index in [0.29, 0.717) is 11.5 Å². The van der Waals surface area contributed by atoms with E-state index in [9.17, 15) is 8.42 Å². The highest BCUT2D eigenvalue weighted by atomic mass is 32.2. The highest BCUT2D eigenvalue weighted by Gasteiger charge is 2.12. The molecule has 0 saturated heterocycles. The van der Waals surface area contributed by atoms with Crippen LogP contribution < -0.4 is 4.72 Å². The number of hydrogen-bond donors (Lipinski definition) is 1. The van der Waals surface area contributed by atoms with Crippen molar-refractivity contribution < 1.29 is 8.42 Å². The molecule has 1 aromatic carbocycles. The first-order valence-electron chi connectivity index (χ1n) is 7.02. The van der Waals surface area contributed by atoms with E-state index in [1.165, 1.54) is 6.20 Å². The lowest BCUT2D eigenvalue weighted by Crippen LogP contribution is -2.15. The predicted octanol–water partition coefficient (Wildman–Crippen LogP) is 2.52. The van der Waals surface area contributed by atoms with Gasteiger partial charge in [-0.3, -0.25) is 9.29 Å². The SMILES string of the molecule is Cc1cccc(CS(=O)(=O)Nc2ccc(-n3ccnc3)nc2)c1. The van der Waals surface area contributed by atoms with E-state index in [1.54, 1.807) is 41.5 Å². The molecule has 0 aliphatic rings. The monoisotopic (exact) mass is 328 g/mol. The Hall–Kier alpha value is -2.67. The summed E-state index contributed by atoms with van der Waals surface area (Å²) in [6.07, 6.45) is 6.54. The predicted molar refractivity (Wildman–Crippen MR) is 88.8 cm³/mol. The molecule has 0 fully saturated rings. The molecule has 0 amide bonds. The van der Waals surface area contributed by atoms with Gasteiger partial charge in [0.2, 0.25) is 10.0 Å². The molecule has 2 heterocycles. The summed E-state index contributed by atoms with van der Waals surface area (Å²) < 4.78 is 28.8. The van der Waals surface area contributed by atoms with Gasteiger partial charge in [0.25, 0.3) is 0 Å². The van der Waals surface area contributed by atoms with Crippen LogP contribution in [0.15, 0.2) is 61.3 Å². The molecule has 3 rings (SSSR count). The number of sulfonamides is 1. The Bertz CT molecular complexity index is 888. The van der Waals surface area contributed by atoms with Crippen LogP contribution in [0, 0.1) is 6.92 Å². The van der Waals surface area contributed by atoms with Crippen molar-refractivity contribution in [3.05, 3.63) is 72.4 Å². The number of aryl methyl sites for hydroxylation is 1. The van der Waals surface area contributed by atoms with Crippen LogP contribution >= 0.6 is 0 Å². The molecule has 7 heteroatoms. The average molecular weight is 328 g/mol. The molecule has 23 heavy (non-hydrogen) atoms. The second kappa shape index (κ2) is 6.21. The summed E-state index contributed by atoms with van der Waals surface area (Å²) >= 11 is 0. The van der Waals surface area contributed by atoms with Crippen LogP contribution in [-0.2, 0) is 15.8 Å². The largest absolute Gasteiger partial charge is 0.291 e. The van der Waals surface area contributed by atoms with Crippen LogP contribution in [0.5, 0.6) is 0 Å². The summed E-state index contributed by atoms with van der Waals surface area (Å²) in [6, 6.07) is 10.8. The van der Waals surface area contributed by atoms with Gasteiger partial charge in [-0.25, -0.2) is 18.4 Å². The molecule has 0 aliphatic heterocycles. The van der Waals surface area contributed by atoms with Crippen LogP contribution in [0.3, 0.4) is 0 Å². The maximum absolute atomic E-state index is 12.2. The highest BCUT2D eigenvalue weighted by molar-refractivity contribution is 7.91. The molecule has 0 bridgehead atoms. The summed E-state index contributed by atoms with van der Waals surface area (Å²) in [5, 5.41) is 0. The molecule has 0 aliphatic carbocycles. The standard InChI is InChI=1S/C16H16N4O2S/c1-13-3-2-4-14(9-13)11-23(21,22)19-15-5-6-16(18-10-15)20-8-7-17-12-20/h2-10,12,19H,11H2,1H3. The smallest absolute Gasteiger partial charge is 0.236 e. The zero-order chi connectivity index (χ0) is 16.3. The van der Waals surface area contributed by atoms with Crippen molar-refractivity contribution >= 4 is 15.7 Å². The second-order valence-electron chi connectivity index (χ2n) is 5.23. The van der Waals surface area contributed by atoms with Gasteiger partial charge in [-0.1, -0.05) is 29.8 Å². The molecule has 0 radical (unpaired) electrons. The molecular formula is C16H16N4O2S. The summed E-state index contributed by atoms with van der Waals surface area (Å²) in [4.78, 5) is 8.17. The van der Waals surface area contributed by atoms with E-state index in [0.717, 1.165) is 11.1 Å². The number of nitrogens with one attached hydrogen (secondary N) is 1. The maximum atomic E-state index is 12.2. The number of benzene rings is 1. The van der Waals surface area contributed by atoms with Crippen molar-refractivity contribution in [3.63, 3.8) is 0 Å². The van der Waals surface area contributed by atoms with Crippen molar-refractivity contribution in [2.24, 2.45) is 0 Å². The molecule has 0 atom stereocenters. The van der Waals surface area contributed by atoms with Gasteiger partial charge in [0.1, 0.15) is 12.1 Å². The third kappa shape index (κ3) is 3.95. The maximum Gasteiger partial charge on any atom is 0.236 e. The Balaban J connectivity index is 1.73. The van der Waals surface area contributed by atoms with E-state index in [2.05, 4.69) is 14.7 Å². The van der Waals surface area contributed by atoms with Crippen LogP contribution in [0.25, 0.3) is 5.82 Å². The third-order valence-electron chi connectivity index (χ3n) is 3.23. The Morgan fingerprint density at radius 1 is 1.22 bits per heavy atom. The van der Waals surface area contributed by atoms with Crippen LogP contribution in [0.1, 0.15) is 11.1 Å². The molecule has 1 N–H and O–H groups in total. The number of anilines is 1. The van der Waals surface area contributed by atoms with Gasteiger partial charge in [-0.15, -0.1) is 0 Å². The minimum Gasteiger partial charge on any atom is -0.291 e. The average Bonchev–Trinajstić information content (AvgIpc) is 3.01. The van der Waals surface area contributed by atoms with Gasteiger partial charge in [0.05, 0.1) is 17.6 Å². The van der Waals surface area contributed by atoms with Crippen molar-refractivity contribution in [1.29, 1.82) is 0 Å². The number of hydrogen-bond acceptors (Lipinski definition) is 4. The van der Waals surface area contributed by atoms with Crippen molar-refractivity contribution in [2.45, 2.75) is 12.7 Å². The second-order valence-corrected chi connectivity index (χ2v) is 6.95. The van der Waals surface area contributed by atoms with Crippen LogP contribution in [0.4, 0.5) is 5.69 Å². The minimum absolute atomic E-state index is 0.0715. The Kier molecular flexibility index (Phi) is 4.12. The first-order valence-corrected chi connectivity index (χ1v) is 8.67. The number of aromatic nitrogens is 3. The molecule has 118 valence electrons. The summed E-state index contributed by atoms with van der Waals surface area (Å²) in [6.45, 7) is 1.93. The fourth-order valence-electron chi connectivity index (χ4n) is 2.23. The summed E-state index contributed by atoms with van der Waals surface area (Å²) in [7, 11) is -3.48. The van der Waals surface area contributed by atoms with Crippen molar-refractivity contribution in [1.82, 2.24) is 14.5 Å². The van der Waals surface area contributed by atoms with Gasteiger partial charge >= 0.3 is 0 Å². The lowest BCUT2D eigenvalue weighted by atomic mass is 10.2. The van der Waals surface area contributed by atoms with E-state index in [-0.39, 0.29) is 5.75 Å². The molecule has 2 aromatic heterocycles. The van der Waals surface area contributed by atoms with Crippen molar-refractivity contribution in [2.75, 3.05) is 4.72 Å². The zero-order valence-corrected chi connectivity index (χ0v) is 13.4. The van der Waals surface area contributed by atoms with E-state index in [4.69, 9.17) is 0 Å². The van der Waals surface area contributed by atoms with Gasteiger partial charge in [0, 0.05) is 12.4 Å². The molecule has 0 spiro atoms. The van der Waals surface area contributed by atoms with Gasteiger partial charge < -0.3 is 0 Å². The fraction of sp³-hybridized carbons (Fsp3) is 0.125. The summed E-state index contributed by atoms with van der Waals surface area (Å²) in [5.41, 5.74) is 2.21. The summed E-state index contributed by atoms with van der Waals surface area (Å²) in [5.74, 6) is 0.599. The zero-order valence-electron chi connectivity index (χ0n) is 12.5. The lowest BCUT2D eigenvalue weighted by molar-refractivity contribution is 0.600. The van der Waals surface area contributed by atoms with Crippen LogP contribution in [0.2, 0.25) is 0 Å². The molecular weight excluding hydrogens is 312 g/mol. The number of rotatable bonds is 5. The Labute approximate surface area is 134 Å². The number of pyridine rings is 1. The molecule has 0 saturated carbocycles. The third-order valence-corrected chi connectivity index (χ3v) is 4.49. The van der Waals surface area contributed by atoms with E-state index >= 15 is 0 Å². The topological polar surface area (TPSA) is 76.9 Å². The fourth-order valence-corrected chi connectivity index (χ4v) is 3.40. The molecule has 0 unspecified atom stereocenters. The quantitative estimate of drug-likeness (QED) is 0.781. The highest BCUT2D eigenvalue weighted by Crippen LogP contribution is 2.14. The minimum atomic E-state index is -3.48. The molecule has 6 nitrogen and oxygen atoms in total. The Morgan fingerprint density at radius 3 is 2.74 bits per heavy atom. The Morgan fingerprint density at radius 2 is 2.09 bits per heavy atom. The van der Waals surface area contributed by atoms with Crippen molar-refractivity contribution in [3.8, 4) is 5.82 Å². The number of nitrogens with zero attached hydrogens (tertiary/aromatic N) is 3. The van der Waals surface area contributed by atoms with Gasteiger partial charge in [0.15, 0.2) is 0 Å². The number of imidazole rings is 1. The van der Waals surface area contributed by atoms with Crippen LogP contribution in [-0.4, -0.2) is 23.0 Å². The van der Waals surface area contributed by atoms with Gasteiger partial charge in [-0.05, 0) is 24.6 Å². The van der Waals surface area contributed by atoms with Gasteiger partial charge in [-0.2, -0.15) is 0 Å². The molecule has 3 aromatic rings. The first kappa shape index (κ1) is 15.2. The van der Waals surface area contributed by atoms with E-state index in [1.807, 2.05) is 25.1 Å².